The molecule has 2 aromatic heterocycles. The fourth-order valence-corrected chi connectivity index (χ4v) is 2.06. The molecule has 114 valence electrons. The number of aromatic nitrogens is 3. The zero-order valence-corrected chi connectivity index (χ0v) is 12.4. The Morgan fingerprint density at radius 2 is 2.05 bits per heavy atom. The van der Waals surface area contributed by atoms with Gasteiger partial charge in [-0.2, -0.15) is 4.98 Å². The van der Waals surface area contributed by atoms with E-state index in [2.05, 4.69) is 15.1 Å². The maximum atomic E-state index is 5.46. The third kappa shape index (κ3) is 5.15. The van der Waals surface area contributed by atoms with Crippen LogP contribution in [0.1, 0.15) is 43.0 Å². The zero-order chi connectivity index (χ0) is 14.9. The number of unbranched alkanes of at least 4 members (excludes halogenated alkanes) is 3. The molecule has 0 amide bonds. The first-order chi connectivity index (χ1) is 10.3. The smallest absolute Gasteiger partial charge is 0.226 e. The fraction of sp³-hybridized carbons (Fsp3) is 0.533. The van der Waals surface area contributed by atoms with E-state index >= 15 is 0 Å². The topological polar surface area (TPSA) is 87.1 Å². The Labute approximate surface area is 124 Å². The molecule has 6 heteroatoms. The third-order valence-corrected chi connectivity index (χ3v) is 3.22. The molecule has 0 aliphatic carbocycles. The Morgan fingerprint density at radius 3 is 2.76 bits per heavy atom. The van der Waals surface area contributed by atoms with Crippen molar-refractivity contribution in [2.45, 2.75) is 38.5 Å². The van der Waals surface area contributed by atoms with Crippen LogP contribution in [-0.2, 0) is 12.8 Å². The van der Waals surface area contributed by atoms with E-state index in [9.17, 15) is 0 Å². The molecule has 0 saturated carbocycles. The summed E-state index contributed by atoms with van der Waals surface area (Å²) in [5.74, 6) is 2.00. The van der Waals surface area contributed by atoms with Crippen LogP contribution in [0, 0.1) is 0 Å². The molecule has 0 fully saturated rings. The average Bonchev–Trinajstić information content (AvgIpc) is 2.95. The van der Waals surface area contributed by atoms with Crippen molar-refractivity contribution in [1.82, 2.24) is 15.1 Å². The van der Waals surface area contributed by atoms with Crippen LogP contribution in [-0.4, -0.2) is 28.8 Å². The summed E-state index contributed by atoms with van der Waals surface area (Å²) in [6.45, 7) is 0.764. The lowest BCUT2D eigenvalue weighted by Crippen LogP contribution is -1.98. The van der Waals surface area contributed by atoms with Gasteiger partial charge in [0.1, 0.15) is 0 Å². The Morgan fingerprint density at radius 1 is 1.19 bits per heavy atom. The van der Waals surface area contributed by atoms with E-state index in [4.69, 9.17) is 15.0 Å². The number of ether oxygens (including phenoxy) is 1. The molecule has 0 bridgehead atoms. The van der Waals surface area contributed by atoms with Gasteiger partial charge in [-0.05, 0) is 24.9 Å². The van der Waals surface area contributed by atoms with E-state index in [0.29, 0.717) is 24.0 Å². The molecule has 2 aromatic rings. The monoisotopic (exact) mass is 290 g/mol. The van der Waals surface area contributed by atoms with Gasteiger partial charge in [0.05, 0.1) is 7.11 Å². The molecule has 0 unspecified atom stereocenters. The van der Waals surface area contributed by atoms with Crippen molar-refractivity contribution in [2.24, 2.45) is 5.73 Å². The summed E-state index contributed by atoms with van der Waals surface area (Å²) < 4.78 is 10.3. The van der Waals surface area contributed by atoms with Crippen molar-refractivity contribution in [3.63, 3.8) is 0 Å². The first kappa shape index (κ1) is 15.4. The van der Waals surface area contributed by atoms with E-state index in [1.54, 1.807) is 13.3 Å². The van der Waals surface area contributed by atoms with Crippen molar-refractivity contribution in [3.8, 4) is 5.88 Å². The largest absolute Gasteiger partial charge is 0.481 e. The van der Waals surface area contributed by atoms with Gasteiger partial charge in [0, 0.05) is 25.1 Å². The lowest BCUT2D eigenvalue weighted by atomic mass is 10.1. The molecule has 0 saturated heterocycles. The van der Waals surface area contributed by atoms with Gasteiger partial charge in [0.2, 0.25) is 11.8 Å². The Bertz CT molecular complexity index is 525. The van der Waals surface area contributed by atoms with Crippen molar-refractivity contribution in [3.05, 3.63) is 35.6 Å². The second kappa shape index (κ2) is 8.36. The van der Waals surface area contributed by atoms with E-state index in [1.165, 1.54) is 0 Å². The van der Waals surface area contributed by atoms with Crippen LogP contribution in [0.4, 0.5) is 0 Å². The first-order valence-electron chi connectivity index (χ1n) is 7.32. The molecule has 21 heavy (non-hydrogen) atoms. The standard InChI is InChI=1S/C15H22N4O2/c1-20-14-8-7-12(11-17-14)10-13-18-15(21-19-13)6-4-2-3-5-9-16/h7-8,11H,2-6,9-10,16H2,1H3. The second-order valence-corrected chi connectivity index (χ2v) is 4.94. The molecule has 0 aliphatic rings. The van der Waals surface area contributed by atoms with Crippen LogP contribution in [0.25, 0.3) is 0 Å². The van der Waals surface area contributed by atoms with Crippen LogP contribution < -0.4 is 10.5 Å². The Balaban J connectivity index is 1.79. The lowest BCUT2D eigenvalue weighted by Gasteiger charge is -1.99. The van der Waals surface area contributed by atoms with Gasteiger partial charge < -0.3 is 15.0 Å². The van der Waals surface area contributed by atoms with Crippen molar-refractivity contribution in [1.29, 1.82) is 0 Å². The summed E-state index contributed by atoms with van der Waals surface area (Å²) in [6.07, 6.45) is 7.67. The molecule has 6 nitrogen and oxygen atoms in total. The predicted molar refractivity (Wildman–Crippen MR) is 79.1 cm³/mol. The minimum absolute atomic E-state index is 0.602. The number of pyridine rings is 1. The number of hydrogen-bond acceptors (Lipinski definition) is 6. The van der Waals surface area contributed by atoms with E-state index in [0.717, 1.165) is 44.2 Å². The molecule has 0 aliphatic heterocycles. The molecule has 2 heterocycles. The highest BCUT2D eigenvalue weighted by atomic mass is 16.5. The van der Waals surface area contributed by atoms with Gasteiger partial charge in [0.15, 0.2) is 5.82 Å². The molecule has 2 rings (SSSR count). The highest BCUT2D eigenvalue weighted by Gasteiger charge is 2.07. The summed E-state index contributed by atoms with van der Waals surface area (Å²) in [7, 11) is 1.60. The maximum absolute atomic E-state index is 5.46. The summed E-state index contributed by atoms with van der Waals surface area (Å²) in [4.78, 5) is 8.56. The summed E-state index contributed by atoms with van der Waals surface area (Å²) in [6, 6.07) is 3.78. The van der Waals surface area contributed by atoms with Crippen LogP contribution in [0.15, 0.2) is 22.9 Å². The van der Waals surface area contributed by atoms with E-state index < -0.39 is 0 Å². The van der Waals surface area contributed by atoms with Crippen molar-refractivity contribution in [2.75, 3.05) is 13.7 Å². The lowest BCUT2D eigenvalue weighted by molar-refractivity contribution is 0.369. The number of nitrogens with zero attached hydrogens (tertiary/aromatic N) is 3. The first-order valence-corrected chi connectivity index (χ1v) is 7.32. The number of methoxy groups -OCH3 is 1. The summed E-state index contributed by atoms with van der Waals surface area (Å²) in [5, 5.41) is 4.00. The van der Waals surface area contributed by atoms with Gasteiger partial charge >= 0.3 is 0 Å². The van der Waals surface area contributed by atoms with Gasteiger partial charge in [0.25, 0.3) is 0 Å². The highest BCUT2D eigenvalue weighted by molar-refractivity contribution is 5.20. The van der Waals surface area contributed by atoms with Crippen molar-refractivity contribution < 1.29 is 9.26 Å². The number of aryl methyl sites for hydroxylation is 1. The van der Waals surface area contributed by atoms with Crippen LogP contribution in [0.5, 0.6) is 5.88 Å². The quantitative estimate of drug-likeness (QED) is 0.712. The molecule has 0 aromatic carbocycles. The minimum Gasteiger partial charge on any atom is -0.481 e. The van der Waals surface area contributed by atoms with Gasteiger partial charge in [-0.25, -0.2) is 4.98 Å². The summed E-state index contributed by atoms with van der Waals surface area (Å²) in [5.41, 5.74) is 6.50. The van der Waals surface area contributed by atoms with Crippen LogP contribution in [0.3, 0.4) is 0 Å². The van der Waals surface area contributed by atoms with Crippen molar-refractivity contribution >= 4 is 0 Å². The van der Waals surface area contributed by atoms with E-state index in [-0.39, 0.29) is 0 Å². The molecule has 0 radical (unpaired) electrons. The molecule has 0 spiro atoms. The summed E-state index contributed by atoms with van der Waals surface area (Å²) >= 11 is 0. The molecule has 2 N–H and O–H groups in total. The SMILES string of the molecule is COc1ccc(Cc2noc(CCCCCCN)n2)cn1. The molecular formula is C15H22N4O2. The third-order valence-electron chi connectivity index (χ3n) is 3.22. The Hall–Kier alpha value is -1.95. The van der Waals surface area contributed by atoms with Gasteiger partial charge in [-0.3, -0.25) is 0 Å². The van der Waals surface area contributed by atoms with Crippen LogP contribution in [0.2, 0.25) is 0 Å². The molecular weight excluding hydrogens is 268 g/mol. The average molecular weight is 290 g/mol. The van der Waals surface area contributed by atoms with Gasteiger partial charge in [-0.15, -0.1) is 0 Å². The molecule has 0 atom stereocenters. The number of nitrogens with two attached hydrogens (primary N) is 1. The number of hydrogen-bond donors (Lipinski definition) is 1. The zero-order valence-electron chi connectivity index (χ0n) is 12.4. The minimum atomic E-state index is 0.602. The normalized spacial score (nSPS) is 10.8. The van der Waals surface area contributed by atoms with Crippen LogP contribution >= 0.6 is 0 Å². The fourth-order valence-electron chi connectivity index (χ4n) is 2.06. The predicted octanol–water partition coefficient (Wildman–Crippen LogP) is 2.13. The highest BCUT2D eigenvalue weighted by Crippen LogP contribution is 2.11. The second-order valence-electron chi connectivity index (χ2n) is 4.94. The van der Waals surface area contributed by atoms with E-state index in [1.807, 2.05) is 12.1 Å². The Kier molecular flexibility index (Phi) is 6.15. The maximum Gasteiger partial charge on any atom is 0.226 e. The van der Waals surface area contributed by atoms with Gasteiger partial charge in [-0.1, -0.05) is 24.1 Å². The number of rotatable bonds is 9.